The summed E-state index contributed by atoms with van der Waals surface area (Å²) in [6, 6.07) is 6.46. The molecule has 0 saturated carbocycles. The Morgan fingerprint density at radius 2 is 2.24 bits per heavy atom. The van der Waals surface area contributed by atoms with E-state index >= 15 is 0 Å². The van der Waals surface area contributed by atoms with Crippen molar-refractivity contribution in [1.82, 2.24) is 4.98 Å². The van der Waals surface area contributed by atoms with Gasteiger partial charge in [-0.15, -0.1) is 6.58 Å². The number of benzene rings is 1. The Labute approximate surface area is 104 Å². The summed E-state index contributed by atoms with van der Waals surface area (Å²) in [5.74, 6) is 0.604. The summed E-state index contributed by atoms with van der Waals surface area (Å²) in [5.41, 5.74) is 4.08. The highest BCUT2D eigenvalue weighted by molar-refractivity contribution is 5.86. The summed E-state index contributed by atoms with van der Waals surface area (Å²) >= 11 is 0. The van der Waals surface area contributed by atoms with Crippen molar-refractivity contribution in [3.8, 4) is 0 Å². The molecule has 1 aromatic carbocycles. The minimum absolute atomic E-state index is 0.604. The average Bonchev–Trinajstić information content (AvgIpc) is 2.74. The fourth-order valence-corrected chi connectivity index (χ4v) is 2.67. The van der Waals surface area contributed by atoms with Crippen LogP contribution in [0.15, 0.2) is 37.1 Å². The molecule has 0 saturated heterocycles. The van der Waals surface area contributed by atoms with E-state index in [-0.39, 0.29) is 0 Å². The molecule has 1 heteroatoms. The minimum Gasteiger partial charge on any atom is -0.361 e. The molecule has 1 aromatic heterocycles. The Morgan fingerprint density at radius 1 is 1.41 bits per heavy atom. The van der Waals surface area contributed by atoms with Gasteiger partial charge in [-0.1, -0.05) is 31.6 Å². The van der Waals surface area contributed by atoms with E-state index in [0.717, 1.165) is 6.42 Å². The molecule has 1 unspecified atom stereocenters. The fourth-order valence-electron chi connectivity index (χ4n) is 2.67. The number of allylic oxidation sites excluding steroid dienone is 1. The Kier molecular flexibility index (Phi) is 3.68. The van der Waals surface area contributed by atoms with Crippen molar-refractivity contribution < 1.29 is 0 Å². The van der Waals surface area contributed by atoms with E-state index in [1.807, 2.05) is 6.08 Å². The predicted molar refractivity (Wildman–Crippen MR) is 75.5 cm³/mol. The highest BCUT2D eigenvalue weighted by Gasteiger charge is 2.14. The van der Waals surface area contributed by atoms with E-state index in [1.54, 1.807) is 0 Å². The lowest BCUT2D eigenvalue weighted by Crippen LogP contribution is -1.96. The average molecular weight is 227 g/mol. The van der Waals surface area contributed by atoms with Gasteiger partial charge in [-0.2, -0.15) is 0 Å². The summed E-state index contributed by atoms with van der Waals surface area (Å²) in [6.07, 6.45) is 7.73. The molecule has 90 valence electrons. The molecule has 0 aliphatic rings. The monoisotopic (exact) mass is 227 g/mol. The van der Waals surface area contributed by atoms with E-state index in [2.05, 4.69) is 49.8 Å². The van der Waals surface area contributed by atoms with Gasteiger partial charge in [-0.05, 0) is 42.9 Å². The lowest BCUT2D eigenvalue weighted by molar-refractivity contribution is 0.625. The van der Waals surface area contributed by atoms with Gasteiger partial charge >= 0.3 is 0 Å². The van der Waals surface area contributed by atoms with Crippen molar-refractivity contribution in [2.45, 2.75) is 39.0 Å². The summed E-state index contributed by atoms with van der Waals surface area (Å²) in [4.78, 5) is 3.39. The summed E-state index contributed by atoms with van der Waals surface area (Å²) in [5, 5.41) is 1.41. The maximum absolute atomic E-state index is 3.88. The largest absolute Gasteiger partial charge is 0.361 e. The van der Waals surface area contributed by atoms with E-state index in [1.165, 1.54) is 34.9 Å². The molecule has 0 radical (unpaired) electrons. The van der Waals surface area contributed by atoms with Crippen LogP contribution in [0.5, 0.6) is 0 Å². The van der Waals surface area contributed by atoms with Crippen LogP contribution in [0, 0.1) is 6.92 Å². The Balaban J connectivity index is 2.49. The number of fused-ring (bicyclic) bond motifs is 1. The SMILES string of the molecule is C=CCC(CCC)c1c[nH]c2cccc(C)c12. The van der Waals surface area contributed by atoms with Crippen LogP contribution in [0.4, 0.5) is 0 Å². The van der Waals surface area contributed by atoms with Crippen LogP contribution >= 0.6 is 0 Å². The highest BCUT2D eigenvalue weighted by Crippen LogP contribution is 2.33. The molecule has 1 nitrogen and oxygen atoms in total. The maximum Gasteiger partial charge on any atom is 0.0459 e. The van der Waals surface area contributed by atoms with Crippen molar-refractivity contribution in [2.24, 2.45) is 0 Å². The molecule has 1 N–H and O–H groups in total. The first kappa shape index (κ1) is 12.0. The van der Waals surface area contributed by atoms with Crippen LogP contribution < -0.4 is 0 Å². The van der Waals surface area contributed by atoms with Gasteiger partial charge in [0.2, 0.25) is 0 Å². The van der Waals surface area contributed by atoms with Crippen LogP contribution in [0.2, 0.25) is 0 Å². The van der Waals surface area contributed by atoms with Crippen molar-refractivity contribution in [3.63, 3.8) is 0 Å². The summed E-state index contributed by atoms with van der Waals surface area (Å²) in [6.45, 7) is 8.32. The molecule has 1 heterocycles. The van der Waals surface area contributed by atoms with Gasteiger partial charge in [0.1, 0.15) is 0 Å². The third-order valence-electron chi connectivity index (χ3n) is 3.47. The quantitative estimate of drug-likeness (QED) is 0.697. The number of aromatic amines is 1. The number of H-pyrrole nitrogens is 1. The van der Waals surface area contributed by atoms with E-state index in [0.29, 0.717) is 5.92 Å². The molecule has 0 fully saturated rings. The standard InChI is InChI=1S/C16H21N/c1-4-7-13(8-5-2)14-11-17-15-10-6-9-12(3)16(14)15/h4,6,9-11,13,17H,1,5,7-8H2,2-3H3. The molecular weight excluding hydrogens is 206 g/mol. The maximum atomic E-state index is 3.88. The molecule has 0 spiro atoms. The third kappa shape index (κ3) is 2.28. The summed E-state index contributed by atoms with van der Waals surface area (Å²) < 4.78 is 0. The number of rotatable bonds is 5. The van der Waals surface area contributed by atoms with Crippen LogP contribution in [-0.2, 0) is 0 Å². The zero-order valence-corrected chi connectivity index (χ0v) is 10.8. The smallest absolute Gasteiger partial charge is 0.0459 e. The molecule has 1 atom stereocenters. The number of aryl methyl sites for hydroxylation is 1. The second-order valence-electron chi connectivity index (χ2n) is 4.75. The highest BCUT2D eigenvalue weighted by atomic mass is 14.7. The third-order valence-corrected chi connectivity index (χ3v) is 3.47. The fraction of sp³-hybridized carbons (Fsp3) is 0.375. The zero-order chi connectivity index (χ0) is 12.3. The van der Waals surface area contributed by atoms with Gasteiger partial charge in [0.15, 0.2) is 0 Å². The Morgan fingerprint density at radius 3 is 2.94 bits per heavy atom. The second-order valence-corrected chi connectivity index (χ2v) is 4.75. The Bertz CT molecular complexity index is 507. The molecule has 0 amide bonds. The Hall–Kier alpha value is -1.50. The van der Waals surface area contributed by atoms with E-state index < -0.39 is 0 Å². The minimum atomic E-state index is 0.604. The molecule has 2 rings (SSSR count). The number of hydrogen-bond donors (Lipinski definition) is 1. The molecule has 17 heavy (non-hydrogen) atoms. The first-order valence-electron chi connectivity index (χ1n) is 6.45. The topological polar surface area (TPSA) is 15.8 Å². The van der Waals surface area contributed by atoms with Crippen LogP contribution in [0.1, 0.15) is 43.2 Å². The van der Waals surface area contributed by atoms with Gasteiger partial charge in [0, 0.05) is 17.1 Å². The van der Waals surface area contributed by atoms with E-state index in [4.69, 9.17) is 0 Å². The van der Waals surface area contributed by atoms with Crippen molar-refractivity contribution in [3.05, 3.63) is 48.2 Å². The van der Waals surface area contributed by atoms with Crippen molar-refractivity contribution in [1.29, 1.82) is 0 Å². The molecule has 2 aromatic rings. The van der Waals surface area contributed by atoms with Gasteiger partial charge < -0.3 is 4.98 Å². The lowest BCUT2D eigenvalue weighted by Gasteiger charge is -2.14. The first-order chi connectivity index (χ1) is 8.27. The number of nitrogens with one attached hydrogen (secondary N) is 1. The molecule has 0 bridgehead atoms. The van der Waals surface area contributed by atoms with Crippen LogP contribution in [0.25, 0.3) is 10.9 Å². The number of aromatic nitrogens is 1. The number of hydrogen-bond acceptors (Lipinski definition) is 0. The van der Waals surface area contributed by atoms with Crippen molar-refractivity contribution >= 4 is 10.9 Å². The van der Waals surface area contributed by atoms with Crippen molar-refractivity contribution in [2.75, 3.05) is 0 Å². The van der Waals surface area contributed by atoms with Gasteiger partial charge in [-0.3, -0.25) is 0 Å². The van der Waals surface area contributed by atoms with E-state index in [9.17, 15) is 0 Å². The summed E-state index contributed by atoms with van der Waals surface area (Å²) in [7, 11) is 0. The van der Waals surface area contributed by atoms with Gasteiger partial charge in [0.05, 0.1) is 0 Å². The second kappa shape index (κ2) is 5.22. The molecule has 0 aliphatic carbocycles. The molecular formula is C16H21N. The predicted octanol–water partition coefficient (Wildman–Crippen LogP) is 4.94. The zero-order valence-electron chi connectivity index (χ0n) is 10.8. The van der Waals surface area contributed by atoms with Gasteiger partial charge in [-0.25, -0.2) is 0 Å². The van der Waals surface area contributed by atoms with Gasteiger partial charge in [0.25, 0.3) is 0 Å². The molecule has 0 aliphatic heterocycles. The van der Waals surface area contributed by atoms with Crippen LogP contribution in [-0.4, -0.2) is 4.98 Å². The lowest BCUT2D eigenvalue weighted by atomic mass is 9.90. The normalized spacial score (nSPS) is 12.8. The van der Waals surface area contributed by atoms with Crippen LogP contribution in [0.3, 0.4) is 0 Å². The first-order valence-corrected chi connectivity index (χ1v) is 6.45.